The van der Waals surface area contributed by atoms with E-state index in [0.717, 1.165) is 30.6 Å². The summed E-state index contributed by atoms with van der Waals surface area (Å²) in [5.74, 6) is 0.718. The number of hydrogen-bond acceptors (Lipinski definition) is 6. The van der Waals surface area contributed by atoms with Gasteiger partial charge in [-0.25, -0.2) is 9.97 Å². The van der Waals surface area contributed by atoms with Crippen LogP contribution in [-0.4, -0.2) is 38.8 Å². The molecule has 1 fully saturated rings. The van der Waals surface area contributed by atoms with Crippen molar-refractivity contribution in [3.05, 3.63) is 55.2 Å². The van der Waals surface area contributed by atoms with Crippen LogP contribution in [0.15, 0.2) is 33.2 Å². The molecule has 4 heterocycles. The maximum atomic E-state index is 12.8. The fourth-order valence-electron chi connectivity index (χ4n) is 3.26. The van der Waals surface area contributed by atoms with Gasteiger partial charge in [0.25, 0.3) is 11.5 Å². The molecule has 0 bridgehead atoms. The van der Waals surface area contributed by atoms with Crippen LogP contribution in [0.2, 0.25) is 0 Å². The third-order valence-corrected chi connectivity index (χ3v) is 6.21. The van der Waals surface area contributed by atoms with Crippen LogP contribution in [0, 0.1) is 6.92 Å². The molecule has 0 spiro atoms. The maximum Gasteiger partial charge on any atom is 0.265 e. The Kier molecular flexibility index (Phi) is 4.69. The molecule has 1 N–H and O–H groups in total. The van der Waals surface area contributed by atoms with Crippen LogP contribution in [0.25, 0.3) is 11.3 Å². The molecule has 1 atom stereocenters. The molecule has 1 saturated heterocycles. The van der Waals surface area contributed by atoms with E-state index < -0.39 is 0 Å². The van der Waals surface area contributed by atoms with Crippen molar-refractivity contribution in [2.45, 2.75) is 25.7 Å². The first kappa shape index (κ1) is 17.1. The molecule has 3 aromatic rings. The Labute approximate surface area is 158 Å². The molecule has 8 heteroatoms. The Balaban J connectivity index is 1.59. The number of aromatic amines is 1. The van der Waals surface area contributed by atoms with Crippen LogP contribution in [-0.2, 0) is 0 Å². The average Bonchev–Trinajstić information content (AvgIpc) is 3.32. The van der Waals surface area contributed by atoms with Crippen LogP contribution < -0.4 is 5.56 Å². The van der Waals surface area contributed by atoms with Gasteiger partial charge in [0.15, 0.2) is 0 Å². The van der Waals surface area contributed by atoms with E-state index >= 15 is 0 Å². The first-order chi connectivity index (χ1) is 12.6. The number of aryl methyl sites for hydroxylation is 1. The number of hydrogen-bond donors (Lipinski definition) is 1. The van der Waals surface area contributed by atoms with Gasteiger partial charge in [-0.2, -0.15) is 11.3 Å². The van der Waals surface area contributed by atoms with Crippen molar-refractivity contribution in [2.24, 2.45) is 0 Å². The van der Waals surface area contributed by atoms with Crippen molar-refractivity contribution in [3.63, 3.8) is 0 Å². The molecular weight excluding hydrogens is 368 g/mol. The Hall–Kier alpha value is -2.32. The highest BCUT2D eigenvalue weighted by Crippen LogP contribution is 2.28. The summed E-state index contributed by atoms with van der Waals surface area (Å²) in [6.45, 7) is 3.14. The van der Waals surface area contributed by atoms with Crippen molar-refractivity contribution in [2.75, 3.05) is 13.1 Å². The van der Waals surface area contributed by atoms with Gasteiger partial charge in [0.2, 0.25) is 0 Å². The predicted molar refractivity (Wildman–Crippen MR) is 103 cm³/mol. The zero-order valence-corrected chi connectivity index (χ0v) is 15.9. The van der Waals surface area contributed by atoms with Crippen molar-refractivity contribution in [1.29, 1.82) is 0 Å². The van der Waals surface area contributed by atoms with Gasteiger partial charge in [-0.3, -0.25) is 9.59 Å². The summed E-state index contributed by atoms with van der Waals surface area (Å²) >= 11 is 2.95. The number of rotatable bonds is 3. The van der Waals surface area contributed by atoms with E-state index in [1.54, 1.807) is 16.8 Å². The molecule has 3 aromatic heterocycles. The molecule has 1 aliphatic rings. The number of piperidine rings is 1. The minimum Gasteiger partial charge on any atom is -0.337 e. The van der Waals surface area contributed by atoms with E-state index in [-0.39, 0.29) is 17.4 Å². The van der Waals surface area contributed by atoms with E-state index in [4.69, 9.17) is 0 Å². The number of H-pyrrole nitrogens is 1. The molecule has 26 heavy (non-hydrogen) atoms. The molecule has 0 aliphatic carbocycles. The van der Waals surface area contributed by atoms with E-state index in [2.05, 4.69) is 15.0 Å². The lowest BCUT2D eigenvalue weighted by Gasteiger charge is -2.32. The number of aromatic nitrogens is 3. The van der Waals surface area contributed by atoms with Gasteiger partial charge >= 0.3 is 0 Å². The van der Waals surface area contributed by atoms with Crippen LogP contribution in [0.5, 0.6) is 0 Å². The van der Waals surface area contributed by atoms with Crippen LogP contribution in [0.1, 0.15) is 39.9 Å². The number of amides is 1. The first-order valence-corrected chi connectivity index (χ1v) is 10.3. The van der Waals surface area contributed by atoms with E-state index in [9.17, 15) is 9.59 Å². The van der Waals surface area contributed by atoms with Crippen molar-refractivity contribution in [3.8, 4) is 11.3 Å². The number of thiazole rings is 1. The third kappa shape index (κ3) is 3.34. The molecule has 0 radical (unpaired) electrons. The smallest absolute Gasteiger partial charge is 0.265 e. The summed E-state index contributed by atoms with van der Waals surface area (Å²) in [6, 6.07) is 3.48. The zero-order chi connectivity index (χ0) is 18.1. The van der Waals surface area contributed by atoms with Crippen LogP contribution in [0.4, 0.5) is 0 Å². The van der Waals surface area contributed by atoms with Crippen molar-refractivity contribution >= 4 is 28.6 Å². The second-order valence-corrected chi connectivity index (χ2v) is 8.02. The summed E-state index contributed by atoms with van der Waals surface area (Å²) in [4.78, 5) is 39.2. The summed E-state index contributed by atoms with van der Waals surface area (Å²) in [5.41, 5.74) is 3.96. The second-order valence-electron chi connectivity index (χ2n) is 6.39. The lowest BCUT2D eigenvalue weighted by molar-refractivity contribution is 0.0708. The van der Waals surface area contributed by atoms with Gasteiger partial charge in [0.1, 0.15) is 10.7 Å². The molecule has 6 nitrogen and oxygen atoms in total. The summed E-state index contributed by atoms with van der Waals surface area (Å²) in [6.07, 6.45) is 1.79. The molecule has 0 aromatic carbocycles. The SMILES string of the molecule is Cc1ncsc1C(=O)N1CCC[C@H](c2nc(-c3ccsc3)cc(=O)[nH]2)C1. The van der Waals surface area contributed by atoms with Crippen LogP contribution >= 0.6 is 22.7 Å². The van der Waals surface area contributed by atoms with Gasteiger partial charge in [-0.1, -0.05) is 0 Å². The van der Waals surface area contributed by atoms with Gasteiger partial charge in [0, 0.05) is 36.0 Å². The predicted octanol–water partition coefficient (Wildman–Crippen LogP) is 3.28. The Bertz CT molecular complexity index is 977. The van der Waals surface area contributed by atoms with Gasteiger partial charge in [-0.15, -0.1) is 11.3 Å². The summed E-state index contributed by atoms with van der Waals surface area (Å²) in [7, 11) is 0. The normalized spacial score (nSPS) is 17.4. The molecule has 4 rings (SSSR count). The Morgan fingerprint density at radius 1 is 1.42 bits per heavy atom. The fraction of sp³-hybridized carbons (Fsp3) is 0.333. The highest BCUT2D eigenvalue weighted by molar-refractivity contribution is 7.11. The lowest BCUT2D eigenvalue weighted by atomic mass is 9.96. The summed E-state index contributed by atoms with van der Waals surface area (Å²) in [5, 5.41) is 3.95. The van der Waals surface area contributed by atoms with E-state index in [1.807, 2.05) is 28.7 Å². The largest absolute Gasteiger partial charge is 0.337 e. The Morgan fingerprint density at radius 3 is 3.04 bits per heavy atom. The monoisotopic (exact) mass is 386 g/mol. The second kappa shape index (κ2) is 7.13. The molecule has 1 aliphatic heterocycles. The number of nitrogens with zero attached hydrogens (tertiary/aromatic N) is 3. The zero-order valence-electron chi connectivity index (χ0n) is 14.3. The van der Waals surface area contributed by atoms with Crippen LogP contribution in [0.3, 0.4) is 0 Å². The third-order valence-electron chi connectivity index (χ3n) is 4.61. The van der Waals surface area contributed by atoms with Crippen molar-refractivity contribution in [1.82, 2.24) is 19.9 Å². The van der Waals surface area contributed by atoms with Gasteiger partial charge < -0.3 is 9.88 Å². The molecule has 1 amide bonds. The van der Waals surface area contributed by atoms with Gasteiger partial charge in [-0.05, 0) is 31.2 Å². The maximum absolute atomic E-state index is 12.8. The number of thiophene rings is 1. The molecule has 0 saturated carbocycles. The first-order valence-electron chi connectivity index (χ1n) is 8.45. The highest BCUT2D eigenvalue weighted by Gasteiger charge is 2.28. The number of likely N-dealkylation sites (tertiary alicyclic amines) is 1. The topological polar surface area (TPSA) is 79.0 Å². The van der Waals surface area contributed by atoms with E-state index in [0.29, 0.717) is 22.9 Å². The number of nitrogens with one attached hydrogen (secondary N) is 1. The number of carbonyl (C=O) groups excluding carboxylic acids is 1. The highest BCUT2D eigenvalue weighted by atomic mass is 32.1. The minimum atomic E-state index is -0.155. The molecule has 134 valence electrons. The molecule has 0 unspecified atom stereocenters. The molecular formula is C18H18N4O2S2. The van der Waals surface area contributed by atoms with Gasteiger partial charge in [0.05, 0.1) is 16.9 Å². The lowest BCUT2D eigenvalue weighted by Crippen LogP contribution is -2.39. The fourth-order valence-corrected chi connectivity index (χ4v) is 4.68. The minimum absolute atomic E-state index is 0.0195. The Morgan fingerprint density at radius 2 is 2.31 bits per heavy atom. The standard InChI is InChI=1S/C18H18N4O2S2/c1-11-16(26-10-19-11)18(24)22-5-2-3-12(8-22)17-20-14(7-15(23)21-17)13-4-6-25-9-13/h4,6-7,9-10,12H,2-3,5,8H2,1H3,(H,20,21,23)/t12-/m0/s1. The van der Waals surface area contributed by atoms with E-state index in [1.165, 1.54) is 17.4 Å². The summed E-state index contributed by atoms with van der Waals surface area (Å²) < 4.78 is 0. The number of carbonyl (C=O) groups is 1. The van der Waals surface area contributed by atoms with Crippen molar-refractivity contribution < 1.29 is 4.79 Å². The average molecular weight is 387 g/mol. The quantitative estimate of drug-likeness (QED) is 0.749.